The van der Waals surface area contributed by atoms with Gasteiger partial charge in [-0.1, -0.05) is 96.0 Å². The molecular weight excluding hydrogens is 527 g/mol. The summed E-state index contributed by atoms with van der Waals surface area (Å²) in [5.74, 6) is -0.331. The lowest BCUT2D eigenvalue weighted by molar-refractivity contribution is 0.0945. The van der Waals surface area contributed by atoms with Gasteiger partial charge in [0.15, 0.2) is 4.33 Å². The van der Waals surface area contributed by atoms with E-state index in [9.17, 15) is 9.59 Å². The van der Waals surface area contributed by atoms with Crippen LogP contribution in [0.3, 0.4) is 0 Å². The Morgan fingerprint density at radius 2 is 1.00 bits per heavy atom. The summed E-state index contributed by atoms with van der Waals surface area (Å²) < 4.78 is -1.36. The Morgan fingerprint density at radius 3 is 1.41 bits per heavy atom. The van der Waals surface area contributed by atoms with Gasteiger partial charge in [-0.15, -0.1) is 0 Å². The minimum atomic E-state index is -1.36. The van der Waals surface area contributed by atoms with Gasteiger partial charge >= 0.3 is 0 Å². The van der Waals surface area contributed by atoms with E-state index in [1.54, 1.807) is 24.3 Å². The highest BCUT2D eigenvalue weighted by Crippen LogP contribution is 2.54. The number of aryl methyl sites for hydroxylation is 2. The molecule has 4 aromatic rings. The third kappa shape index (κ3) is 6.19. The van der Waals surface area contributed by atoms with Crippen molar-refractivity contribution in [3.8, 4) is 11.1 Å². The van der Waals surface area contributed by atoms with E-state index in [2.05, 4.69) is 34.9 Å². The highest BCUT2D eigenvalue weighted by Gasteiger charge is 2.41. The van der Waals surface area contributed by atoms with E-state index in [4.69, 9.17) is 23.2 Å². The molecule has 0 saturated heterocycles. The maximum Gasteiger partial charge on any atom is 0.251 e. The van der Waals surface area contributed by atoms with Crippen LogP contribution in [0.25, 0.3) is 11.1 Å². The first-order valence-corrected chi connectivity index (χ1v) is 14.0. The minimum absolute atomic E-state index is 0.165. The Labute approximate surface area is 239 Å². The van der Waals surface area contributed by atoms with Crippen molar-refractivity contribution >= 4 is 35.0 Å². The molecule has 1 aliphatic rings. The molecule has 0 heterocycles. The number of hydrogen-bond acceptors (Lipinski definition) is 2. The van der Waals surface area contributed by atoms with Gasteiger partial charge in [0.25, 0.3) is 11.8 Å². The molecular formula is C33H30Cl2N2O2. The molecule has 39 heavy (non-hydrogen) atoms. The summed E-state index contributed by atoms with van der Waals surface area (Å²) in [7, 11) is 0. The Balaban J connectivity index is 1.21. The summed E-state index contributed by atoms with van der Waals surface area (Å²) >= 11 is 13.7. The lowest BCUT2D eigenvalue weighted by atomic mass is 10.0. The highest BCUT2D eigenvalue weighted by atomic mass is 35.5. The van der Waals surface area contributed by atoms with Gasteiger partial charge in [0, 0.05) is 35.3 Å². The largest absolute Gasteiger partial charge is 0.352 e. The molecule has 4 nitrogen and oxygen atoms in total. The maximum absolute atomic E-state index is 12.8. The number of carbonyl (C=O) groups is 2. The van der Waals surface area contributed by atoms with Crippen LogP contribution in [0, 0.1) is 0 Å². The zero-order valence-corrected chi connectivity index (χ0v) is 23.1. The average Bonchev–Trinajstić information content (AvgIpc) is 3.19. The van der Waals surface area contributed by atoms with E-state index >= 15 is 0 Å². The quantitative estimate of drug-likeness (QED) is 0.162. The molecule has 0 aliphatic heterocycles. The van der Waals surface area contributed by atoms with E-state index in [0.717, 1.165) is 36.8 Å². The van der Waals surface area contributed by atoms with Crippen LogP contribution in [-0.4, -0.2) is 24.9 Å². The maximum atomic E-state index is 12.8. The number of alkyl halides is 2. The van der Waals surface area contributed by atoms with Crippen molar-refractivity contribution in [3.63, 3.8) is 0 Å². The fraction of sp³-hybridized carbons (Fsp3) is 0.212. The normalized spacial score (nSPS) is 12.9. The topological polar surface area (TPSA) is 58.2 Å². The van der Waals surface area contributed by atoms with Crippen molar-refractivity contribution in [3.05, 3.63) is 130 Å². The Kier molecular flexibility index (Phi) is 8.35. The standard InChI is InChI=1S/C33H30Cl2N2O2/c34-33(35)29-21-25(31(38)36-19-7-13-23-9-3-1-4-10-23)15-17-27(29)28-18-16-26(22-30(28)33)32(39)37-20-8-14-24-11-5-2-6-12-24/h1-6,9-12,15-18,21-22H,7-8,13-14,19-20H2,(H,36,38)(H,37,39). The van der Waals surface area contributed by atoms with Crippen LogP contribution in [0.1, 0.15) is 55.8 Å². The SMILES string of the molecule is O=C(NCCCc1ccccc1)c1ccc2c(c1)C(Cl)(Cl)c1cc(C(=O)NCCCc3ccccc3)ccc1-2. The van der Waals surface area contributed by atoms with Crippen LogP contribution in [0.2, 0.25) is 0 Å². The molecule has 0 spiro atoms. The summed E-state index contributed by atoms with van der Waals surface area (Å²) in [4.78, 5) is 25.7. The number of halogens is 2. The molecule has 6 heteroatoms. The first kappa shape index (κ1) is 27.0. The Bertz CT molecular complexity index is 1360. The molecule has 4 aromatic carbocycles. The summed E-state index contributed by atoms with van der Waals surface area (Å²) in [5, 5.41) is 5.98. The Hall–Kier alpha value is -3.60. The molecule has 198 valence electrons. The van der Waals surface area contributed by atoms with Crippen molar-refractivity contribution in [2.75, 3.05) is 13.1 Å². The fourth-order valence-electron chi connectivity index (χ4n) is 4.99. The lowest BCUT2D eigenvalue weighted by Gasteiger charge is -2.17. The summed E-state index contributed by atoms with van der Waals surface area (Å²) in [5.41, 5.74) is 6.53. The third-order valence-electron chi connectivity index (χ3n) is 7.07. The predicted octanol–water partition coefficient (Wildman–Crippen LogP) is 7.07. The van der Waals surface area contributed by atoms with Gasteiger partial charge in [0.05, 0.1) is 0 Å². The van der Waals surface area contributed by atoms with Gasteiger partial charge in [-0.3, -0.25) is 9.59 Å². The second-order valence-corrected chi connectivity index (χ2v) is 11.1. The second kappa shape index (κ2) is 12.1. The highest BCUT2D eigenvalue weighted by molar-refractivity contribution is 6.51. The molecule has 2 amide bonds. The first-order valence-electron chi connectivity index (χ1n) is 13.2. The molecule has 0 aromatic heterocycles. The molecule has 1 aliphatic carbocycles. The fourth-order valence-corrected chi connectivity index (χ4v) is 5.61. The number of nitrogens with one attached hydrogen (secondary N) is 2. The van der Waals surface area contributed by atoms with E-state index in [0.29, 0.717) is 35.3 Å². The van der Waals surface area contributed by atoms with Crippen LogP contribution in [0.5, 0.6) is 0 Å². The average molecular weight is 558 g/mol. The summed E-state index contributed by atoms with van der Waals surface area (Å²) in [6.45, 7) is 1.14. The van der Waals surface area contributed by atoms with E-state index in [1.165, 1.54) is 11.1 Å². The van der Waals surface area contributed by atoms with Crippen molar-refractivity contribution in [1.82, 2.24) is 10.6 Å². The molecule has 0 unspecified atom stereocenters. The first-order chi connectivity index (χ1) is 18.9. The van der Waals surface area contributed by atoms with E-state index in [-0.39, 0.29) is 11.8 Å². The molecule has 5 rings (SSSR count). The number of rotatable bonds is 10. The Morgan fingerprint density at radius 1 is 0.590 bits per heavy atom. The number of amides is 2. The van der Waals surface area contributed by atoms with E-state index in [1.807, 2.05) is 48.5 Å². The smallest absolute Gasteiger partial charge is 0.251 e. The van der Waals surface area contributed by atoms with Gasteiger partial charge < -0.3 is 10.6 Å². The third-order valence-corrected chi connectivity index (χ3v) is 7.89. The molecule has 2 N–H and O–H groups in total. The molecule has 0 saturated carbocycles. The van der Waals surface area contributed by atoms with Crippen LogP contribution >= 0.6 is 23.2 Å². The number of fused-ring (bicyclic) bond motifs is 3. The van der Waals surface area contributed by atoms with Crippen LogP contribution in [0.15, 0.2) is 97.1 Å². The molecule has 0 fully saturated rings. The van der Waals surface area contributed by atoms with Gasteiger partial charge in [-0.05, 0) is 72.2 Å². The molecule has 0 atom stereocenters. The van der Waals surface area contributed by atoms with Crippen molar-refractivity contribution in [2.45, 2.75) is 30.0 Å². The number of benzene rings is 4. The zero-order chi connectivity index (χ0) is 27.2. The van der Waals surface area contributed by atoms with Crippen LogP contribution in [-0.2, 0) is 17.2 Å². The molecule has 0 bridgehead atoms. The zero-order valence-electron chi connectivity index (χ0n) is 21.6. The predicted molar refractivity (Wildman–Crippen MR) is 159 cm³/mol. The molecule has 0 radical (unpaired) electrons. The van der Waals surface area contributed by atoms with Crippen LogP contribution < -0.4 is 10.6 Å². The second-order valence-electron chi connectivity index (χ2n) is 9.79. The number of hydrogen-bond donors (Lipinski definition) is 2. The summed E-state index contributed by atoms with van der Waals surface area (Å²) in [6.07, 6.45) is 3.49. The monoisotopic (exact) mass is 556 g/mol. The van der Waals surface area contributed by atoms with Gasteiger partial charge in [0.1, 0.15) is 0 Å². The van der Waals surface area contributed by atoms with Gasteiger partial charge in [-0.2, -0.15) is 0 Å². The summed E-state index contributed by atoms with van der Waals surface area (Å²) in [6, 6.07) is 31.2. The minimum Gasteiger partial charge on any atom is -0.352 e. The van der Waals surface area contributed by atoms with Crippen molar-refractivity contribution in [1.29, 1.82) is 0 Å². The number of carbonyl (C=O) groups excluding carboxylic acids is 2. The van der Waals surface area contributed by atoms with Crippen molar-refractivity contribution in [2.24, 2.45) is 0 Å². The van der Waals surface area contributed by atoms with Crippen molar-refractivity contribution < 1.29 is 9.59 Å². The van der Waals surface area contributed by atoms with Gasteiger partial charge in [0.2, 0.25) is 0 Å². The van der Waals surface area contributed by atoms with Crippen LogP contribution in [0.4, 0.5) is 0 Å². The van der Waals surface area contributed by atoms with Gasteiger partial charge in [-0.25, -0.2) is 0 Å². The van der Waals surface area contributed by atoms with E-state index < -0.39 is 4.33 Å². The lowest BCUT2D eigenvalue weighted by Crippen LogP contribution is -2.25.